The number of carbonyl (C=O) groups excluding carboxylic acids is 5. The van der Waals surface area contributed by atoms with Crippen molar-refractivity contribution in [3.8, 4) is 0 Å². The molecule has 0 heterocycles. The Hall–Kier alpha value is -3.12. The van der Waals surface area contributed by atoms with Crippen LogP contribution in [0.3, 0.4) is 0 Å². The van der Waals surface area contributed by atoms with Crippen LogP contribution in [0, 0.1) is 17.8 Å². The maximum absolute atomic E-state index is 13.9. The zero-order chi connectivity index (χ0) is 37.5. The van der Waals surface area contributed by atoms with E-state index < -0.39 is 59.3 Å². The van der Waals surface area contributed by atoms with Crippen LogP contribution in [0.5, 0.6) is 0 Å². The van der Waals surface area contributed by atoms with Crippen LogP contribution in [0.25, 0.3) is 0 Å². The number of ether oxygens (including phenoxy) is 2. The maximum Gasteiger partial charge on any atom is 0.408 e. The number of amides is 4. The summed E-state index contributed by atoms with van der Waals surface area (Å²) in [6.45, 7) is 20.3. The van der Waals surface area contributed by atoms with E-state index in [2.05, 4.69) is 21.3 Å². The molecule has 0 aliphatic rings. The van der Waals surface area contributed by atoms with Gasteiger partial charge in [-0.1, -0.05) is 58.0 Å². The first kappa shape index (κ1) is 43.9. The standard InChI is InChI=1S/C37H62N4O7S/c1-23(2)20-27(21-29(42)31(25(5)47-36(6,7)8)41-35(46)48-37(9,10)11)32(43)40-30(24(3)4)34(45)39-28(18-19-49-12)33(44)38-22-26-16-14-13-15-17-26/h13-17,23-25,27-28,30-31H,18-22H2,1-12H3,(H,38,44)(H,39,45)(H,40,43)(H,41,46)/t25?,27-,28+,30+,31?/m1/s1. The van der Waals surface area contributed by atoms with Crippen molar-refractivity contribution in [1.82, 2.24) is 21.3 Å². The normalized spacial score (nSPS) is 15.1. The molecule has 278 valence electrons. The number of hydrogen-bond donors (Lipinski definition) is 4. The molecule has 1 rings (SSSR count). The molecule has 0 aliphatic heterocycles. The van der Waals surface area contributed by atoms with E-state index in [1.807, 2.05) is 85.1 Å². The van der Waals surface area contributed by atoms with Crippen molar-refractivity contribution in [1.29, 1.82) is 0 Å². The molecule has 49 heavy (non-hydrogen) atoms. The number of carbonyl (C=O) groups is 5. The predicted molar refractivity (Wildman–Crippen MR) is 196 cm³/mol. The maximum atomic E-state index is 13.9. The number of ketones is 1. The molecule has 4 N–H and O–H groups in total. The second kappa shape index (κ2) is 20.5. The van der Waals surface area contributed by atoms with Crippen LogP contribution in [0.4, 0.5) is 4.79 Å². The van der Waals surface area contributed by atoms with E-state index >= 15 is 0 Å². The highest BCUT2D eigenvalue weighted by atomic mass is 32.2. The lowest BCUT2D eigenvalue weighted by Gasteiger charge is -2.32. The number of hydrogen-bond acceptors (Lipinski definition) is 8. The largest absolute Gasteiger partial charge is 0.444 e. The van der Waals surface area contributed by atoms with Crippen molar-refractivity contribution < 1.29 is 33.4 Å². The molecule has 0 aliphatic carbocycles. The molecule has 1 aromatic carbocycles. The molecule has 2 unspecified atom stereocenters. The van der Waals surface area contributed by atoms with Gasteiger partial charge in [0.2, 0.25) is 17.7 Å². The minimum Gasteiger partial charge on any atom is -0.444 e. The lowest BCUT2D eigenvalue weighted by atomic mass is 9.88. The van der Waals surface area contributed by atoms with Gasteiger partial charge in [0.1, 0.15) is 23.7 Å². The quantitative estimate of drug-likeness (QED) is 0.149. The monoisotopic (exact) mass is 706 g/mol. The number of alkyl carbamates (subject to hydrolysis) is 1. The van der Waals surface area contributed by atoms with Gasteiger partial charge in [0.25, 0.3) is 0 Å². The number of thioether (sulfide) groups is 1. The summed E-state index contributed by atoms with van der Waals surface area (Å²) in [5.41, 5.74) is -0.451. The molecule has 0 radical (unpaired) electrons. The molecule has 5 atom stereocenters. The van der Waals surface area contributed by atoms with Gasteiger partial charge in [0.05, 0.1) is 11.7 Å². The second-order valence-electron chi connectivity index (χ2n) is 15.3. The zero-order valence-corrected chi connectivity index (χ0v) is 32.5. The average molecular weight is 707 g/mol. The highest BCUT2D eigenvalue weighted by molar-refractivity contribution is 7.98. The van der Waals surface area contributed by atoms with Crippen LogP contribution in [-0.4, -0.2) is 77.0 Å². The third-order valence-electron chi connectivity index (χ3n) is 7.40. The van der Waals surface area contributed by atoms with Crippen LogP contribution in [0.2, 0.25) is 0 Å². The fourth-order valence-corrected chi connectivity index (χ4v) is 5.69. The van der Waals surface area contributed by atoms with Crippen molar-refractivity contribution in [2.75, 3.05) is 12.0 Å². The Balaban J connectivity index is 3.18. The van der Waals surface area contributed by atoms with Gasteiger partial charge in [-0.15, -0.1) is 0 Å². The van der Waals surface area contributed by atoms with Crippen molar-refractivity contribution in [3.05, 3.63) is 35.9 Å². The van der Waals surface area contributed by atoms with E-state index in [4.69, 9.17) is 9.47 Å². The van der Waals surface area contributed by atoms with Crippen molar-refractivity contribution in [2.24, 2.45) is 17.8 Å². The smallest absolute Gasteiger partial charge is 0.408 e. The van der Waals surface area contributed by atoms with Crippen LogP contribution in [0.15, 0.2) is 30.3 Å². The first-order valence-corrected chi connectivity index (χ1v) is 18.6. The molecule has 0 bridgehead atoms. The Morgan fingerprint density at radius 2 is 1.39 bits per heavy atom. The van der Waals surface area contributed by atoms with Crippen LogP contribution >= 0.6 is 11.8 Å². The summed E-state index contributed by atoms with van der Waals surface area (Å²) in [4.78, 5) is 67.3. The summed E-state index contributed by atoms with van der Waals surface area (Å²) in [5, 5.41) is 11.3. The van der Waals surface area contributed by atoms with Crippen molar-refractivity contribution in [2.45, 2.75) is 137 Å². The summed E-state index contributed by atoms with van der Waals surface area (Å²) in [7, 11) is 0. The van der Waals surface area contributed by atoms with Gasteiger partial charge in [-0.3, -0.25) is 19.2 Å². The minimum absolute atomic E-state index is 0.0552. The molecule has 0 fully saturated rings. The molecular weight excluding hydrogens is 644 g/mol. The topological polar surface area (TPSA) is 152 Å². The minimum atomic E-state index is -1.08. The summed E-state index contributed by atoms with van der Waals surface area (Å²) < 4.78 is 11.5. The Morgan fingerprint density at radius 3 is 1.90 bits per heavy atom. The first-order valence-electron chi connectivity index (χ1n) is 17.2. The molecule has 0 saturated carbocycles. The fourth-order valence-electron chi connectivity index (χ4n) is 5.22. The van der Waals surface area contributed by atoms with Gasteiger partial charge in [-0.25, -0.2) is 4.79 Å². The van der Waals surface area contributed by atoms with Gasteiger partial charge in [0.15, 0.2) is 5.78 Å². The van der Waals surface area contributed by atoms with E-state index in [-0.39, 0.29) is 29.9 Å². The summed E-state index contributed by atoms with van der Waals surface area (Å²) in [6.07, 6.45) is 1.04. The zero-order valence-electron chi connectivity index (χ0n) is 31.7. The summed E-state index contributed by atoms with van der Waals surface area (Å²) in [6, 6.07) is 6.68. The molecular formula is C37H62N4O7S. The number of nitrogens with one attached hydrogen (secondary N) is 4. The Labute approximate surface area is 298 Å². The van der Waals surface area contributed by atoms with E-state index in [1.165, 1.54) is 0 Å². The molecule has 0 aromatic heterocycles. The third-order valence-corrected chi connectivity index (χ3v) is 8.05. The van der Waals surface area contributed by atoms with E-state index in [0.29, 0.717) is 25.1 Å². The van der Waals surface area contributed by atoms with Crippen LogP contribution in [-0.2, 0) is 35.2 Å². The molecule has 12 heteroatoms. The number of rotatable bonds is 19. The fraction of sp³-hybridized carbons (Fsp3) is 0.703. The summed E-state index contributed by atoms with van der Waals surface area (Å²) >= 11 is 1.57. The van der Waals surface area contributed by atoms with E-state index in [0.717, 1.165) is 5.56 Å². The molecule has 4 amide bonds. The predicted octanol–water partition coefficient (Wildman–Crippen LogP) is 5.40. The third kappa shape index (κ3) is 17.9. The lowest BCUT2D eigenvalue weighted by Crippen LogP contribution is -2.56. The van der Waals surface area contributed by atoms with Gasteiger partial charge < -0.3 is 30.7 Å². The van der Waals surface area contributed by atoms with Crippen molar-refractivity contribution >= 4 is 41.4 Å². The van der Waals surface area contributed by atoms with E-state index in [9.17, 15) is 24.0 Å². The summed E-state index contributed by atoms with van der Waals surface area (Å²) in [5.74, 6) is -2.01. The van der Waals surface area contributed by atoms with Crippen LogP contribution in [0.1, 0.15) is 101 Å². The molecule has 1 aromatic rings. The molecule has 11 nitrogen and oxygen atoms in total. The first-order chi connectivity index (χ1) is 22.6. The highest BCUT2D eigenvalue weighted by Gasteiger charge is 2.36. The van der Waals surface area contributed by atoms with Gasteiger partial charge in [0, 0.05) is 18.9 Å². The highest BCUT2D eigenvalue weighted by Crippen LogP contribution is 2.22. The Kier molecular flexibility index (Phi) is 18.4. The SMILES string of the molecule is CSCC[C@H](NC(=O)[C@@H](NC(=O)[C@@H](CC(=O)C(NC(=O)OC(C)(C)C)C(C)OC(C)(C)C)CC(C)C)C(C)C)C(=O)NCc1ccccc1. The van der Waals surface area contributed by atoms with Crippen molar-refractivity contribution in [3.63, 3.8) is 0 Å². The average Bonchev–Trinajstić information content (AvgIpc) is 2.97. The Bertz CT molecular complexity index is 1210. The lowest BCUT2D eigenvalue weighted by molar-refractivity contribution is -0.137. The molecule has 0 saturated heterocycles. The van der Waals surface area contributed by atoms with Crippen LogP contribution < -0.4 is 21.3 Å². The van der Waals surface area contributed by atoms with Gasteiger partial charge in [-0.05, 0) is 90.7 Å². The van der Waals surface area contributed by atoms with Gasteiger partial charge in [-0.2, -0.15) is 11.8 Å². The second-order valence-corrected chi connectivity index (χ2v) is 16.3. The van der Waals surface area contributed by atoms with Gasteiger partial charge >= 0.3 is 6.09 Å². The number of Topliss-reactive ketones (excluding diaryl/α,β-unsaturated/α-hetero) is 1. The van der Waals surface area contributed by atoms with E-state index in [1.54, 1.807) is 39.5 Å². The Morgan fingerprint density at radius 1 is 0.776 bits per heavy atom. The number of benzene rings is 1. The molecule has 0 spiro atoms.